The number of fused-ring (bicyclic) bond motifs is 2. The van der Waals surface area contributed by atoms with Gasteiger partial charge in [-0.05, 0) is 26.0 Å². The van der Waals surface area contributed by atoms with Crippen LogP contribution in [0, 0.1) is 0 Å². The van der Waals surface area contributed by atoms with Crippen molar-refractivity contribution in [3.05, 3.63) is 46.8 Å². The predicted octanol–water partition coefficient (Wildman–Crippen LogP) is 0.837. The van der Waals surface area contributed by atoms with Crippen molar-refractivity contribution in [3.63, 3.8) is 0 Å². The van der Waals surface area contributed by atoms with Crippen molar-refractivity contribution in [1.82, 2.24) is 10.2 Å². The number of nitrogens with zero attached hydrogens (tertiary/aromatic N) is 2. The van der Waals surface area contributed by atoms with Crippen LogP contribution in [0.5, 0.6) is 0 Å². The molecule has 0 bridgehead atoms. The Morgan fingerprint density at radius 1 is 0.846 bits per heavy atom. The van der Waals surface area contributed by atoms with E-state index in [4.69, 9.17) is 0 Å². The van der Waals surface area contributed by atoms with Crippen molar-refractivity contribution in [2.75, 3.05) is 23.7 Å². The zero-order valence-corrected chi connectivity index (χ0v) is 14.5. The maximum atomic E-state index is 13.0. The van der Waals surface area contributed by atoms with E-state index in [9.17, 15) is 19.8 Å². The van der Waals surface area contributed by atoms with Gasteiger partial charge in [-0.25, -0.2) is 0 Å². The van der Waals surface area contributed by atoms with Crippen LogP contribution in [0.3, 0.4) is 0 Å². The Kier molecular flexibility index (Phi) is 4.97. The Labute approximate surface area is 150 Å². The molecule has 2 unspecified atom stereocenters. The number of aliphatic hydroxyl groups excluding tert-OH is 2. The number of carbonyl (C=O) groups is 2. The van der Waals surface area contributed by atoms with E-state index < -0.39 is 12.2 Å². The summed E-state index contributed by atoms with van der Waals surface area (Å²) in [4.78, 5) is 26.0. The maximum Gasteiger partial charge on any atom is 0.198 e. The number of benzene rings is 1. The third-order valence-electron chi connectivity index (χ3n) is 4.06. The van der Waals surface area contributed by atoms with Crippen molar-refractivity contribution in [2.45, 2.75) is 26.1 Å². The average Bonchev–Trinajstić information content (AvgIpc) is 2.62. The Hall–Kier alpha value is -2.84. The quantitative estimate of drug-likeness (QED) is 0.512. The molecule has 2 aromatic rings. The number of carbonyl (C=O) groups excluding carboxylic acids is 2. The van der Waals surface area contributed by atoms with Crippen LogP contribution in [0.15, 0.2) is 24.5 Å². The van der Waals surface area contributed by atoms with E-state index in [-0.39, 0.29) is 46.9 Å². The summed E-state index contributed by atoms with van der Waals surface area (Å²) in [6.45, 7) is 3.71. The summed E-state index contributed by atoms with van der Waals surface area (Å²) in [6, 6.07) is 3.35. The lowest BCUT2D eigenvalue weighted by Gasteiger charge is -2.24. The molecule has 0 saturated heterocycles. The maximum absolute atomic E-state index is 13.0. The molecule has 0 fully saturated rings. The zero-order valence-electron chi connectivity index (χ0n) is 14.5. The van der Waals surface area contributed by atoms with Gasteiger partial charge in [0.2, 0.25) is 0 Å². The molecular weight excluding hydrogens is 336 g/mol. The summed E-state index contributed by atoms with van der Waals surface area (Å²) in [5.41, 5.74) is 1.78. The third kappa shape index (κ3) is 3.29. The molecule has 4 N–H and O–H groups in total. The van der Waals surface area contributed by atoms with Crippen LogP contribution in [-0.4, -0.2) is 57.3 Å². The van der Waals surface area contributed by atoms with Gasteiger partial charge in [0.05, 0.1) is 46.9 Å². The summed E-state index contributed by atoms with van der Waals surface area (Å²) in [7, 11) is 0. The minimum atomic E-state index is -0.619. The number of nitrogens with one attached hydrogen (secondary N) is 2. The highest BCUT2D eigenvalue weighted by molar-refractivity contribution is 6.31. The predicted molar refractivity (Wildman–Crippen MR) is 95.7 cm³/mol. The second-order valence-corrected chi connectivity index (χ2v) is 6.35. The van der Waals surface area contributed by atoms with E-state index in [1.165, 1.54) is 12.4 Å². The summed E-state index contributed by atoms with van der Waals surface area (Å²) < 4.78 is 0. The summed E-state index contributed by atoms with van der Waals surface area (Å²) in [5.74, 6) is -0.670. The number of aromatic nitrogens is 2. The molecule has 8 nitrogen and oxygen atoms in total. The van der Waals surface area contributed by atoms with Crippen LogP contribution in [0.1, 0.15) is 45.7 Å². The number of anilines is 2. The molecule has 0 aliphatic heterocycles. The Bertz CT molecular complexity index is 794. The van der Waals surface area contributed by atoms with Crippen molar-refractivity contribution >= 4 is 22.9 Å². The molecule has 1 aromatic carbocycles. The van der Waals surface area contributed by atoms with E-state index in [2.05, 4.69) is 20.8 Å². The molecule has 8 heteroatoms. The number of rotatable bonds is 6. The van der Waals surface area contributed by atoms with Gasteiger partial charge < -0.3 is 20.8 Å². The molecule has 3 rings (SSSR count). The molecule has 136 valence electrons. The molecule has 1 heterocycles. The SMILES string of the molecule is CC(O)CNc1ccc(NCC(C)O)c2c1C(=O)c1cnncc1C2=O. The summed E-state index contributed by atoms with van der Waals surface area (Å²) in [5, 5.41) is 32.5. The fourth-order valence-electron chi connectivity index (χ4n) is 2.84. The van der Waals surface area contributed by atoms with Crippen molar-refractivity contribution in [1.29, 1.82) is 0 Å². The first-order valence-corrected chi connectivity index (χ1v) is 8.31. The molecular formula is C18H20N4O4. The number of hydrogen-bond donors (Lipinski definition) is 4. The Morgan fingerprint density at radius 3 is 1.58 bits per heavy atom. The van der Waals surface area contributed by atoms with Crippen molar-refractivity contribution < 1.29 is 19.8 Å². The van der Waals surface area contributed by atoms with E-state index in [1.807, 2.05) is 0 Å². The molecule has 0 saturated carbocycles. The minimum absolute atomic E-state index is 0.199. The molecule has 1 aliphatic rings. The van der Waals surface area contributed by atoms with Crippen LogP contribution in [0.4, 0.5) is 11.4 Å². The summed E-state index contributed by atoms with van der Waals surface area (Å²) >= 11 is 0. The first kappa shape index (κ1) is 18.0. The van der Waals surface area contributed by atoms with Crippen LogP contribution in [0.2, 0.25) is 0 Å². The first-order valence-electron chi connectivity index (χ1n) is 8.31. The van der Waals surface area contributed by atoms with Gasteiger partial charge in [0.15, 0.2) is 11.6 Å². The molecule has 1 aliphatic carbocycles. The highest BCUT2D eigenvalue weighted by atomic mass is 16.3. The number of ketones is 2. The van der Waals surface area contributed by atoms with E-state index >= 15 is 0 Å². The standard InChI is InChI=1S/C18H20N4O4/c1-9(23)5-19-13-3-4-14(20-6-10(2)24)16-15(13)17(25)11-7-21-22-8-12(11)18(16)26/h3-4,7-10,19-20,23-24H,5-6H2,1-2H3. The van der Waals surface area contributed by atoms with Gasteiger partial charge in [-0.2, -0.15) is 10.2 Å². The largest absolute Gasteiger partial charge is 0.392 e. The fraction of sp³-hybridized carbons (Fsp3) is 0.333. The molecule has 2 atom stereocenters. The van der Waals surface area contributed by atoms with Crippen LogP contribution in [-0.2, 0) is 0 Å². The van der Waals surface area contributed by atoms with Gasteiger partial charge in [-0.1, -0.05) is 0 Å². The smallest absolute Gasteiger partial charge is 0.198 e. The highest BCUT2D eigenvalue weighted by Crippen LogP contribution is 2.36. The molecule has 26 heavy (non-hydrogen) atoms. The lowest BCUT2D eigenvalue weighted by atomic mass is 9.83. The molecule has 1 aromatic heterocycles. The molecule has 0 spiro atoms. The Morgan fingerprint density at radius 2 is 1.23 bits per heavy atom. The fourth-order valence-corrected chi connectivity index (χ4v) is 2.84. The third-order valence-corrected chi connectivity index (χ3v) is 4.06. The highest BCUT2D eigenvalue weighted by Gasteiger charge is 2.34. The number of hydrogen-bond acceptors (Lipinski definition) is 8. The summed E-state index contributed by atoms with van der Waals surface area (Å²) in [6.07, 6.45) is 1.33. The minimum Gasteiger partial charge on any atom is -0.392 e. The van der Waals surface area contributed by atoms with Gasteiger partial charge in [0, 0.05) is 24.5 Å². The van der Waals surface area contributed by atoms with Crippen molar-refractivity contribution in [2.24, 2.45) is 0 Å². The molecule has 0 radical (unpaired) electrons. The normalized spacial score (nSPS) is 15.1. The van der Waals surface area contributed by atoms with Gasteiger partial charge in [0.1, 0.15) is 0 Å². The molecule has 0 amide bonds. The van der Waals surface area contributed by atoms with Gasteiger partial charge in [0.25, 0.3) is 0 Å². The van der Waals surface area contributed by atoms with E-state index in [0.717, 1.165) is 0 Å². The van der Waals surface area contributed by atoms with Crippen LogP contribution in [0.25, 0.3) is 0 Å². The van der Waals surface area contributed by atoms with Gasteiger partial charge in [-0.15, -0.1) is 0 Å². The Balaban J connectivity index is 2.13. The zero-order chi connectivity index (χ0) is 18.8. The second kappa shape index (κ2) is 7.19. The van der Waals surface area contributed by atoms with Crippen molar-refractivity contribution in [3.8, 4) is 0 Å². The van der Waals surface area contributed by atoms with E-state index in [0.29, 0.717) is 11.4 Å². The average molecular weight is 356 g/mol. The van der Waals surface area contributed by atoms with Gasteiger partial charge in [-0.3, -0.25) is 9.59 Å². The monoisotopic (exact) mass is 356 g/mol. The van der Waals surface area contributed by atoms with E-state index in [1.54, 1.807) is 26.0 Å². The van der Waals surface area contributed by atoms with Gasteiger partial charge >= 0.3 is 0 Å². The number of aliphatic hydroxyl groups is 2. The van der Waals surface area contributed by atoms with Crippen LogP contribution < -0.4 is 10.6 Å². The lowest BCUT2D eigenvalue weighted by Crippen LogP contribution is -2.27. The first-order chi connectivity index (χ1) is 12.4. The second-order valence-electron chi connectivity index (χ2n) is 6.35. The topological polar surface area (TPSA) is 124 Å². The lowest BCUT2D eigenvalue weighted by molar-refractivity contribution is 0.0979. The van der Waals surface area contributed by atoms with Crippen LogP contribution >= 0.6 is 0 Å².